The molecule has 90 valence electrons. The third-order valence-electron chi connectivity index (χ3n) is 2.58. The average Bonchev–Trinajstić information content (AvgIpc) is 2.27. The SMILES string of the molecule is CC(CN)SCC(O)CN1CCNCC1. The summed E-state index contributed by atoms with van der Waals surface area (Å²) in [5, 5.41) is 13.6. The van der Waals surface area contributed by atoms with E-state index < -0.39 is 0 Å². The van der Waals surface area contributed by atoms with Crippen molar-refractivity contribution in [2.24, 2.45) is 5.73 Å². The van der Waals surface area contributed by atoms with Crippen LogP contribution in [-0.2, 0) is 0 Å². The molecule has 1 fully saturated rings. The van der Waals surface area contributed by atoms with E-state index in [9.17, 15) is 5.11 Å². The summed E-state index contributed by atoms with van der Waals surface area (Å²) in [4.78, 5) is 2.31. The Morgan fingerprint density at radius 2 is 2.13 bits per heavy atom. The number of hydrogen-bond donors (Lipinski definition) is 3. The van der Waals surface area contributed by atoms with Crippen LogP contribution < -0.4 is 11.1 Å². The molecular weight excluding hydrogens is 210 g/mol. The average molecular weight is 233 g/mol. The van der Waals surface area contributed by atoms with Crippen molar-refractivity contribution < 1.29 is 5.11 Å². The number of rotatable bonds is 6. The van der Waals surface area contributed by atoms with Gasteiger partial charge in [-0.15, -0.1) is 0 Å². The van der Waals surface area contributed by atoms with E-state index in [0.29, 0.717) is 11.8 Å². The monoisotopic (exact) mass is 233 g/mol. The molecule has 1 heterocycles. The largest absolute Gasteiger partial charge is 0.391 e. The third kappa shape index (κ3) is 5.73. The van der Waals surface area contributed by atoms with Crippen LogP contribution in [-0.4, -0.2) is 66.4 Å². The topological polar surface area (TPSA) is 61.5 Å². The standard InChI is InChI=1S/C10H23N3OS/c1-9(6-11)15-8-10(14)7-13-4-2-12-3-5-13/h9-10,12,14H,2-8,11H2,1H3. The van der Waals surface area contributed by atoms with E-state index in [1.54, 1.807) is 11.8 Å². The highest BCUT2D eigenvalue weighted by molar-refractivity contribution is 7.99. The van der Waals surface area contributed by atoms with Gasteiger partial charge in [0.2, 0.25) is 0 Å². The van der Waals surface area contributed by atoms with Crippen LogP contribution in [0.15, 0.2) is 0 Å². The van der Waals surface area contributed by atoms with Crippen LogP contribution >= 0.6 is 11.8 Å². The predicted molar refractivity (Wildman–Crippen MR) is 66.3 cm³/mol. The second-order valence-electron chi connectivity index (χ2n) is 4.08. The van der Waals surface area contributed by atoms with Gasteiger partial charge in [-0.05, 0) is 0 Å². The Morgan fingerprint density at radius 3 is 2.73 bits per heavy atom. The van der Waals surface area contributed by atoms with Gasteiger partial charge in [-0.3, -0.25) is 4.90 Å². The first-order chi connectivity index (χ1) is 7.22. The number of aliphatic hydroxyl groups excluding tert-OH is 1. The maximum absolute atomic E-state index is 9.82. The first-order valence-corrected chi connectivity index (χ1v) is 6.70. The minimum atomic E-state index is -0.220. The number of aliphatic hydroxyl groups is 1. The molecule has 1 rings (SSSR count). The minimum Gasteiger partial charge on any atom is -0.391 e. The Morgan fingerprint density at radius 1 is 1.47 bits per heavy atom. The van der Waals surface area contributed by atoms with Crippen molar-refractivity contribution in [2.75, 3.05) is 45.0 Å². The summed E-state index contributed by atoms with van der Waals surface area (Å²) in [7, 11) is 0. The van der Waals surface area contributed by atoms with Crippen molar-refractivity contribution >= 4 is 11.8 Å². The van der Waals surface area contributed by atoms with Crippen LogP contribution in [0.5, 0.6) is 0 Å². The lowest BCUT2D eigenvalue weighted by Crippen LogP contribution is -2.46. The van der Waals surface area contributed by atoms with Crippen LogP contribution in [0.1, 0.15) is 6.92 Å². The number of hydrogen-bond acceptors (Lipinski definition) is 5. The molecule has 0 aliphatic carbocycles. The molecule has 4 N–H and O–H groups in total. The number of β-amino-alcohol motifs (C(OH)–C–C–N with tert-alkyl or cyclic N) is 1. The molecule has 0 saturated carbocycles. The summed E-state index contributed by atoms with van der Waals surface area (Å²) in [5.41, 5.74) is 5.52. The Bertz CT molecular complexity index is 165. The molecule has 0 amide bonds. The highest BCUT2D eigenvalue weighted by Gasteiger charge is 2.14. The summed E-state index contributed by atoms with van der Waals surface area (Å²) < 4.78 is 0. The fraction of sp³-hybridized carbons (Fsp3) is 1.00. The summed E-state index contributed by atoms with van der Waals surface area (Å²) in [6.45, 7) is 7.76. The van der Waals surface area contributed by atoms with E-state index in [1.807, 2.05) is 0 Å². The lowest BCUT2D eigenvalue weighted by molar-refractivity contribution is 0.121. The molecule has 0 aromatic carbocycles. The van der Waals surface area contributed by atoms with E-state index in [4.69, 9.17) is 5.73 Å². The van der Waals surface area contributed by atoms with Crippen molar-refractivity contribution in [1.82, 2.24) is 10.2 Å². The van der Waals surface area contributed by atoms with Crippen molar-refractivity contribution in [3.63, 3.8) is 0 Å². The number of nitrogens with zero attached hydrogens (tertiary/aromatic N) is 1. The Kier molecular flexibility index (Phi) is 6.59. The highest BCUT2D eigenvalue weighted by atomic mass is 32.2. The van der Waals surface area contributed by atoms with E-state index >= 15 is 0 Å². The van der Waals surface area contributed by atoms with Gasteiger partial charge in [0.25, 0.3) is 0 Å². The molecule has 5 heteroatoms. The van der Waals surface area contributed by atoms with Gasteiger partial charge < -0.3 is 16.2 Å². The highest BCUT2D eigenvalue weighted by Crippen LogP contribution is 2.11. The maximum atomic E-state index is 9.82. The van der Waals surface area contributed by atoms with Crippen LogP contribution in [0.25, 0.3) is 0 Å². The van der Waals surface area contributed by atoms with E-state index in [1.165, 1.54) is 0 Å². The lowest BCUT2D eigenvalue weighted by atomic mass is 10.3. The quantitative estimate of drug-likeness (QED) is 0.568. The lowest BCUT2D eigenvalue weighted by Gasteiger charge is -2.29. The Labute approximate surface area is 96.6 Å². The molecule has 4 nitrogen and oxygen atoms in total. The molecule has 0 aromatic heterocycles. The van der Waals surface area contributed by atoms with Crippen molar-refractivity contribution in [3.8, 4) is 0 Å². The molecule has 1 saturated heterocycles. The Balaban J connectivity index is 2.08. The van der Waals surface area contributed by atoms with E-state index in [0.717, 1.165) is 38.5 Å². The van der Waals surface area contributed by atoms with Gasteiger partial charge in [0.15, 0.2) is 0 Å². The summed E-state index contributed by atoms with van der Waals surface area (Å²) in [6, 6.07) is 0. The van der Waals surface area contributed by atoms with Gasteiger partial charge in [-0.2, -0.15) is 11.8 Å². The van der Waals surface area contributed by atoms with Crippen molar-refractivity contribution in [1.29, 1.82) is 0 Å². The first kappa shape index (κ1) is 13.3. The fourth-order valence-electron chi connectivity index (χ4n) is 1.59. The zero-order valence-corrected chi connectivity index (χ0v) is 10.3. The van der Waals surface area contributed by atoms with Gasteiger partial charge >= 0.3 is 0 Å². The molecular formula is C10H23N3OS. The van der Waals surface area contributed by atoms with Gasteiger partial charge in [-0.25, -0.2) is 0 Å². The normalized spacial score (nSPS) is 22.6. The molecule has 1 aliphatic heterocycles. The number of nitrogens with two attached hydrogens (primary N) is 1. The number of thioether (sulfide) groups is 1. The van der Waals surface area contributed by atoms with Gasteiger partial charge in [-0.1, -0.05) is 6.92 Å². The van der Waals surface area contributed by atoms with Crippen LogP contribution in [0, 0.1) is 0 Å². The zero-order chi connectivity index (χ0) is 11.1. The number of piperazine rings is 1. The molecule has 2 atom stereocenters. The summed E-state index contributed by atoms with van der Waals surface area (Å²) in [5.74, 6) is 0.794. The van der Waals surface area contributed by atoms with Crippen LogP contribution in [0.3, 0.4) is 0 Å². The van der Waals surface area contributed by atoms with Crippen molar-refractivity contribution in [3.05, 3.63) is 0 Å². The molecule has 0 aromatic rings. The van der Waals surface area contributed by atoms with E-state index in [-0.39, 0.29) is 6.10 Å². The summed E-state index contributed by atoms with van der Waals surface area (Å²) >= 11 is 1.76. The number of nitrogens with one attached hydrogen (secondary N) is 1. The third-order valence-corrected chi connectivity index (χ3v) is 3.92. The molecule has 1 aliphatic rings. The smallest absolute Gasteiger partial charge is 0.0757 e. The Hall–Kier alpha value is 0.190. The second-order valence-corrected chi connectivity index (χ2v) is 5.56. The molecule has 15 heavy (non-hydrogen) atoms. The predicted octanol–water partition coefficient (Wildman–Crippen LogP) is -0.667. The fourth-order valence-corrected chi connectivity index (χ4v) is 2.38. The molecule has 0 spiro atoms. The van der Waals surface area contributed by atoms with Gasteiger partial charge in [0.05, 0.1) is 6.10 Å². The van der Waals surface area contributed by atoms with Crippen molar-refractivity contribution in [2.45, 2.75) is 18.3 Å². The van der Waals surface area contributed by atoms with Crippen LogP contribution in [0.4, 0.5) is 0 Å². The van der Waals surface area contributed by atoms with Crippen LogP contribution in [0.2, 0.25) is 0 Å². The van der Waals surface area contributed by atoms with Gasteiger partial charge in [0.1, 0.15) is 0 Å². The maximum Gasteiger partial charge on any atom is 0.0757 e. The van der Waals surface area contributed by atoms with Gasteiger partial charge in [0, 0.05) is 50.3 Å². The molecule has 2 unspecified atom stereocenters. The zero-order valence-electron chi connectivity index (χ0n) is 9.48. The molecule has 0 radical (unpaired) electrons. The second kappa shape index (κ2) is 7.46. The van der Waals surface area contributed by atoms with E-state index in [2.05, 4.69) is 17.1 Å². The minimum absolute atomic E-state index is 0.220. The summed E-state index contributed by atoms with van der Waals surface area (Å²) in [6.07, 6.45) is -0.220. The molecule has 0 bridgehead atoms. The first-order valence-electron chi connectivity index (χ1n) is 5.65.